The molecule has 1 N–H and O–H groups in total. The van der Waals surface area contributed by atoms with Crippen LogP contribution in [-0.2, 0) is 23.0 Å². The van der Waals surface area contributed by atoms with Crippen LogP contribution in [0.3, 0.4) is 0 Å². The van der Waals surface area contributed by atoms with Crippen LogP contribution in [-0.4, -0.2) is 32.5 Å². The van der Waals surface area contributed by atoms with Gasteiger partial charge in [-0.2, -0.15) is 18.6 Å². The highest BCUT2D eigenvalue weighted by Crippen LogP contribution is 2.48. The monoisotopic (exact) mass is 820 g/mol. The summed E-state index contributed by atoms with van der Waals surface area (Å²) < 4.78 is 68.0. The van der Waals surface area contributed by atoms with Crippen LogP contribution < -0.4 is 0 Å². The molecule has 16 heteroatoms. The number of aromatic nitrogens is 4. The predicted octanol–water partition coefficient (Wildman–Crippen LogP) is 11.7. The Morgan fingerprint density at radius 2 is 1.31 bits per heavy atom. The number of nitrogens with zero attached hydrogens (tertiary/aromatic N) is 4. The lowest BCUT2D eigenvalue weighted by Crippen LogP contribution is -2.00. The lowest BCUT2D eigenvalue weighted by Gasteiger charge is -2.08. The van der Waals surface area contributed by atoms with E-state index in [1.54, 1.807) is 46.4 Å². The Kier molecular flexibility index (Phi) is 9.03. The molecule has 4 heterocycles. The third kappa shape index (κ3) is 6.19. The molecule has 4 aromatic heterocycles. The molecule has 0 aliphatic heterocycles. The van der Waals surface area contributed by atoms with Gasteiger partial charge >= 0.3 is 10.1 Å². The van der Waals surface area contributed by atoms with E-state index in [9.17, 15) is 13.0 Å². The molecule has 260 valence electrons. The Bertz CT molecular complexity index is 2590. The lowest BCUT2D eigenvalue weighted by atomic mass is 10.1. The molecule has 0 unspecified atom stereocenters. The fourth-order valence-corrected chi connectivity index (χ4v) is 10.2. The highest BCUT2D eigenvalue weighted by molar-refractivity contribution is 7.88. The summed E-state index contributed by atoms with van der Waals surface area (Å²) in [6, 6.07) is 13.2. The summed E-state index contributed by atoms with van der Waals surface area (Å²) in [6.45, 7) is 0. The molecule has 8 rings (SSSR count). The van der Waals surface area contributed by atoms with Gasteiger partial charge in [0.05, 0.1) is 32.8 Å². The number of rotatable bonds is 9. The van der Waals surface area contributed by atoms with Crippen molar-refractivity contribution in [2.75, 3.05) is 0 Å². The molecule has 0 amide bonds. The van der Waals surface area contributed by atoms with Gasteiger partial charge in [0, 0.05) is 54.9 Å². The minimum atomic E-state index is -4.44. The maximum Gasteiger partial charge on any atom is 0.304 e. The smallest absolute Gasteiger partial charge is 0.281 e. The maximum absolute atomic E-state index is 15.9. The van der Waals surface area contributed by atoms with Crippen LogP contribution in [0.15, 0.2) is 70.3 Å². The molecule has 0 atom stereocenters. The molecular formula is C35H22Cl4F2N4O3S3. The molecule has 0 radical (unpaired) electrons. The zero-order valence-corrected chi connectivity index (χ0v) is 31.4. The number of benzene rings is 2. The normalized spacial score (nSPS) is 13.9. The molecule has 6 aromatic rings. The van der Waals surface area contributed by atoms with E-state index >= 15 is 8.78 Å². The van der Waals surface area contributed by atoms with Crippen molar-refractivity contribution < 1.29 is 21.8 Å². The summed E-state index contributed by atoms with van der Waals surface area (Å²) in [5.74, 6) is -1.05. The van der Waals surface area contributed by atoms with E-state index in [-0.39, 0.29) is 33.5 Å². The first-order chi connectivity index (χ1) is 24.4. The Labute approximate surface area is 318 Å². The molecule has 2 aromatic carbocycles. The van der Waals surface area contributed by atoms with Crippen molar-refractivity contribution in [2.24, 2.45) is 0 Å². The number of fused-ring (bicyclic) bond motifs is 6. The van der Waals surface area contributed by atoms with E-state index in [0.717, 1.165) is 33.0 Å². The van der Waals surface area contributed by atoms with E-state index in [0.29, 0.717) is 67.4 Å². The number of halogens is 6. The zero-order chi connectivity index (χ0) is 35.8. The van der Waals surface area contributed by atoms with Crippen LogP contribution in [0.1, 0.15) is 51.5 Å². The summed E-state index contributed by atoms with van der Waals surface area (Å²) in [6.07, 6.45) is 4.70. The summed E-state index contributed by atoms with van der Waals surface area (Å²) >= 11 is 27.8. The molecular weight excluding hydrogens is 800 g/mol. The quantitative estimate of drug-likeness (QED) is 0.116. The summed E-state index contributed by atoms with van der Waals surface area (Å²) in [4.78, 5) is 1.77. The largest absolute Gasteiger partial charge is 0.304 e. The number of hydrogen-bond donors (Lipinski definition) is 1. The van der Waals surface area contributed by atoms with E-state index in [2.05, 4.69) is 10.2 Å². The van der Waals surface area contributed by atoms with Crippen LogP contribution in [0, 0.1) is 0 Å². The van der Waals surface area contributed by atoms with E-state index in [4.69, 9.17) is 46.4 Å². The van der Waals surface area contributed by atoms with Crippen LogP contribution in [0.4, 0.5) is 8.78 Å². The Morgan fingerprint density at radius 1 is 0.784 bits per heavy atom. The van der Waals surface area contributed by atoms with Gasteiger partial charge in [-0.05, 0) is 85.3 Å². The highest BCUT2D eigenvalue weighted by atomic mass is 35.5. The van der Waals surface area contributed by atoms with Crippen molar-refractivity contribution in [1.29, 1.82) is 0 Å². The van der Waals surface area contributed by atoms with Gasteiger partial charge < -0.3 is 0 Å². The summed E-state index contributed by atoms with van der Waals surface area (Å²) in [5, 5.41) is 12.7. The molecule has 7 nitrogen and oxygen atoms in total. The SMILES string of the molecule is O=S(=O)(O)c1cc2c(s1)Cc1c(C(F)=CCCCC=C(F)c3nn(-c4ccc(Cl)cc4Cl)c4c3Cc3sccc3-4)nn(-c3ccc(Cl)cc3Cl)c1-2. The van der Waals surface area contributed by atoms with Crippen molar-refractivity contribution in [1.82, 2.24) is 19.6 Å². The fourth-order valence-electron chi connectivity index (χ4n) is 6.47. The van der Waals surface area contributed by atoms with Crippen molar-refractivity contribution >= 4 is 90.8 Å². The van der Waals surface area contributed by atoms with E-state index in [1.165, 1.54) is 29.0 Å². The molecule has 0 spiro atoms. The molecule has 0 bridgehead atoms. The second kappa shape index (κ2) is 13.3. The molecule has 0 saturated heterocycles. The highest BCUT2D eigenvalue weighted by Gasteiger charge is 2.34. The maximum atomic E-state index is 15.9. The minimum Gasteiger partial charge on any atom is -0.281 e. The second-order valence-electron chi connectivity index (χ2n) is 11.9. The first-order valence-electron chi connectivity index (χ1n) is 15.4. The van der Waals surface area contributed by atoms with Gasteiger partial charge in [-0.3, -0.25) is 4.55 Å². The standard InChI is InChI=1S/C35H22Cl4F2N4O3S3/c36-17-6-8-27(23(38)12-17)44-34-19-10-11-49-29(19)14-21(34)32(42-44)25(40)4-2-1-3-5-26(41)33-22-15-30-20(16-31(50-30)51(46,47)48)35(22)45(43-33)28-9-7-18(37)13-24(28)39/h4-13,16H,1-3,14-15H2,(H,46,47,48). The number of unbranched alkanes of at least 4 members (excludes halogenated alkanes) is 2. The number of hydrogen-bond acceptors (Lipinski definition) is 6. The van der Waals surface area contributed by atoms with Gasteiger partial charge in [-0.1, -0.05) is 46.4 Å². The Hall–Kier alpha value is -3.33. The minimum absolute atomic E-state index is 0.0870. The summed E-state index contributed by atoms with van der Waals surface area (Å²) in [7, 11) is -4.44. The number of thiophene rings is 2. The van der Waals surface area contributed by atoms with Crippen LogP contribution in [0.5, 0.6) is 0 Å². The zero-order valence-electron chi connectivity index (χ0n) is 25.9. The first kappa shape index (κ1) is 34.7. The molecule has 2 aliphatic rings. The van der Waals surface area contributed by atoms with Gasteiger partial charge in [0.2, 0.25) is 0 Å². The molecule has 2 aliphatic carbocycles. The Morgan fingerprint density at radius 3 is 1.84 bits per heavy atom. The van der Waals surface area contributed by atoms with Crippen molar-refractivity contribution in [2.45, 2.75) is 36.3 Å². The van der Waals surface area contributed by atoms with Gasteiger partial charge in [0.15, 0.2) is 0 Å². The summed E-state index contributed by atoms with van der Waals surface area (Å²) in [5.41, 5.74) is 5.48. The van der Waals surface area contributed by atoms with Crippen molar-refractivity contribution in [3.8, 4) is 33.9 Å². The van der Waals surface area contributed by atoms with Gasteiger partial charge in [0.1, 0.15) is 27.3 Å². The van der Waals surface area contributed by atoms with Gasteiger partial charge in [0.25, 0.3) is 0 Å². The van der Waals surface area contributed by atoms with E-state index < -0.39 is 21.8 Å². The third-order valence-electron chi connectivity index (χ3n) is 8.72. The molecule has 0 saturated carbocycles. The fraction of sp³-hybridized carbons (Fsp3) is 0.143. The van der Waals surface area contributed by atoms with Crippen molar-refractivity contribution in [3.05, 3.63) is 118 Å². The van der Waals surface area contributed by atoms with Crippen LogP contribution >= 0.6 is 69.1 Å². The van der Waals surface area contributed by atoms with Crippen molar-refractivity contribution in [3.63, 3.8) is 0 Å². The van der Waals surface area contributed by atoms with E-state index in [1.807, 2.05) is 11.4 Å². The lowest BCUT2D eigenvalue weighted by molar-refractivity contribution is 0.485. The molecule has 0 fully saturated rings. The Balaban J connectivity index is 1.05. The predicted molar refractivity (Wildman–Crippen MR) is 201 cm³/mol. The first-order valence-corrected chi connectivity index (χ1v) is 20.1. The number of allylic oxidation sites excluding steroid dienone is 2. The topological polar surface area (TPSA) is 90.0 Å². The van der Waals surface area contributed by atoms with Crippen LogP contribution in [0.25, 0.3) is 45.5 Å². The second-order valence-corrected chi connectivity index (χ2v) is 17.4. The van der Waals surface area contributed by atoms with Gasteiger partial charge in [-0.15, -0.1) is 22.7 Å². The molecule has 51 heavy (non-hydrogen) atoms. The average molecular weight is 823 g/mol. The average Bonchev–Trinajstić information content (AvgIpc) is 3.89. The third-order valence-corrected chi connectivity index (χ3v) is 13.2. The van der Waals surface area contributed by atoms with Gasteiger partial charge in [-0.25, -0.2) is 18.1 Å². The van der Waals surface area contributed by atoms with Crippen LogP contribution in [0.2, 0.25) is 20.1 Å².